The molecule has 1 saturated heterocycles. The van der Waals surface area contributed by atoms with Gasteiger partial charge in [0.05, 0.1) is 0 Å². The summed E-state index contributed by atoms with van der Waals surface area (Å²) in [5.74, 6) is 0.580. The number of piperazine rings is 1. The molecule has 1 aromatic carbocycles. The van der Waals surface area contributed by atoms with E-state index in [1.807, 2.05) is 12.1 Å². The van der Waals surface area contributed by atoms with Crippen LogP contribution in [-0.2, 0) is 6.42 Å². The molecule has 0 aromatic heterocycles. The largest absolute Gasteiger partial charge is 0.311 e. The topological polar surface area (TPSA) is 15.3 Å². The molecule has 2 rings (SSSR count). The zero-order valence-corrected chi connectivity index (χ0v) is 12.0. The predicted octanol–water partition coefficient (Wildman–Crippen LogP) is 2.69. The third-order valence-corrected chi connectivity index (χ3v) is 4.25. The Morgan fingerprint density at radius 2 is 2.11 bits per heavy atom. The summed E-state index contributed by atoms with van der Waals surface area (Å²) in [4.78, 5) is 2.52. The maximum Gasteiger partial charge on any atom is 0.123 e. The summed E-state index contributed by atoms with van der Waals surface area (Å²) in [6.45, 7) is 8.98. The lowest BCUT2D eigenvalue weighted by Gasteiger charge is -2.36. The van der Waals surface area contributed by atoms with Crippen LogP contribution in [0.25, 0.3) is 0 Å². The van der Waals surface area contributed by atoms with Crippen LogP contribution in [0, 0.1) is 11.7 Å². The van der Waals surface area contributed by atoms with E-state index < -0.39 is 0 Å². The molecule has 0 spiro atoms. The number of hydrogen-bond acceptors (Lipinski definition) is 2. The van der Waals surface area contributed by atoms with Crippen LogP contribution in [0.5, 0.6) is 0 Å². The Bertz CT molecular complexity index is 377. The molecule has 0 radical (unpaired) electrons. The van der Waals surface area contributed by atoms with Gasteiger partial charge in [0.2, 0.25) is 0 Å². The van der Waals surface area contributed by atoms with Crippen molar-refractivity contribution in [2.24, 2.45) is 5.92 Å². The molecule has 19 heavy (non-hydrogen) atoms. The molecule has 0 saturated carbocycles. The average molecular weight is 264 g/mol. The van der Waals surface area contributed by atoms with Gasteiger partial charge in [-0.3, -0.25) is 0 Å². The van der Waals surface area contributed by atoms with E-state index in [4.69, 9.17) is 0 Å². The van der Waals surface area contributed by atoms with Crippen LogP contribution in [-0.4, -0.2) is 37.1 Å². The van der Waals surface area contributed by atoms with E-state index in [0.29, 0.717) is 6.04 Å². The average Bonchev–Trinajstić information content (AvgIpc) is 2.46. The van der Waals surface area contributed by atoms with Gasteiger partial charge in [0.1, 0.15) is 5.82 Å². The molecule has 1 aliphatic heterocycles. The van der Waals surface area contributed by atoms with Crippen molar-refractivity contribution >= 4 is 0 Å². The van der Waals surface area contributed by atoms with Crippen molar-refractivity contribution < 1.29 is 4.39 Å². The van der Waals surface area contributed by atoms with Gasteiger partial charge in [-0.15, -0.1) is 0 Å². The van der Waals surface area contributed by atoms with Gasteiger partial charge in [0.25, 0.3) is 0 Å². The third kappa shape index (κ3) is 4.29. The second-order valence-corrected chi connectivity index (χ2v) is 5.62. The molecule has 1 N–H and O–H groups in total. The number of benzene rings is 1. The second kappa shape index (κ2) is 7.01. The van der Waals surface area contributed by atoms with E-state index in [9.17, 15) is 4.39 Å². The second-order valence-electron chi connectivity index (χ2n) is 5.62. The summed E-state index contributed by atoms with van der Waals surface area (Å²) in [7, 11) is 0. The van der Waals surface area contributed by atoms with Gasteiger partial charge < -0.3 is 10.2 Å². The Labute approximate surface area is 116 Å². The molecular weight excluding hydrogens is 239 g/mol. The molecule has 0 aliphatic carbocycles. The molecule has 1 aromatic rings. The van der Waals surface area contributed by atoms with Gasteiger partial charge in [-0.1, -0.05) is 32.4 Å². The fraction of sp³-hybridized carbons (Fsp3) is 0.625. The Hall–Kier alpha value is -0.930. The first kappa shape index (κ1) is 14.5. The van der Waals surface area contributed by atoms with Gasteiger partial charge in [-0.25, -0.2) is 4.39 Å². The van der Waals surface area contributed by atoms with E-state index in [-0.39, 0.29) is 5.82 Å². The minimum atomic E-state index is -0.150. The first-order chi connectivity index (χ1) is 9.19. The highest BCUT2D eigenvalue weighted by Gasteiger charge is 2.22. The first-order valence-corrected chi connectivity index (χ1v) is 7.39. The summed E-state index contributed by atoms with van der Waals surface area (Å²) >= 11 is 0. The molecule has 106 valence electrons. The van der Waals surface area contributed by atoms with Crippen molar-refractivity contribution in [3.8, 4) is 0 Å². The summed E-state index contributed by atoms with van der Waals surface area (Å²) < 4.78 is 12.8. The van der Waals surface area contributed by atoms with E-state index in [1.54, 1.807) is 12.1 Å². The van der Waals surface area contributed by atoms with Crippen molar-refractivity contribution in [3.05, 3.63) is 35.6 Å². The van der Waals surface area contributed by atoms with E-state index >= 15 is 0 Å². The summed E-state index contributed by atoms with van der Waals surface area (Å²) in [6, 6.07) is 7.50. The van der Waals surface area contributed by atoms with Gasteiger partial charge in [-0.05, 0) is 30.0 Å². The van der Waals surface area contributed by atoms with Crippen LogP contribution in [0.1, 0.15) is 25.8 Å². The van der Waals surface area contributed by atoms with Crippen LogP contribution in [0.15, 0.2) is 24.3 Å². The number of hydrogen-bond donors (Lipinski definition) is 1. The van der Waals surface area contributed by atoms with Gasteiger partial charge >= 0.3 is 0 Å². The summed E-state index contributed by atoms with van der Waals surface area (Å²) in [6.07, 6.45) is 2.23. The summed E-state index contributed by atoms with van der Waals surface area (Å²) in [5.41, 5.74) is 1.22. The highest BCUT2D eigenvalue weighted by molar-refractivity contribution is 5.16. The SMILES string of the molecule is CCC(C)C1CN(CCc2ccc(F)cc2)CCN1. The maximum atomic E-state index is 12.8. The maximum absolute atomic E-state index is 12.8. The lowest BCUT2D eigenvalue weighted by atomic mass is 9.97. The van der Waals surface area contributed by atoms with E-state index in [1.165, 1.54) is 12.0 Å². The fourth-order valence-electron chi connectivity index (χ4n) is 2.65. The molecule has 1 fully saturated rings. The van der Waals surface area contributed by atoms with Crippen molar-refractivity contribution in [1.29, 1.82) is 0 Å². The molecule has 1 heterocycles. The van der Waals surface area contributed by atoms with Crippen molar-refractivity contribution in [1.82, 2.24) is 10.2 Å². The molecule has 2 atom stereocenters. The minimum absolute atomic E-state index is 0.150. The van der Waals surface area contributed by atoms with Crippen LogP contribution < -0.4 is 5.32 Å². The van der Waals surface area contributed by atoms with Gasteiger partial charge in [-0.2, -0.15) is 0 Å². The number of halogens is 1. The molecule has 1 aliphatic rings. The van der Waals surface area contributed by atoms with Gasteiger partial charge in [0, 0.05) is 32.2 Å². The number of nitrogens with zero attached hydrogens (tertiary/aromatic N) is 1. The van der Waals surface area contributed by atoms with Crippen molar-refractivity contribution in [2.75, 3.05) is 26.2 Å². The first-order valence-electron chi connectivity index (χ1n) is 7.39. The van der Waals surface area contributed by atoms with Crippen molar-refractivity contribution in [2.45, 2.75) is 32.7 Å². The zero-order chi connectivity index (χ0) is 13.7. The Kier molecular flexibility index (Phi) is 5.34. The normalized spacial score (nSPS) is 22.4. The standard InChI is InChI=1S/C16H25FN2/c1-3-13(2)16-12-19(11-9-18-16)10-8-14-4-6-15(17)7-5-14/h4-7,13,16,18H,3,8-12H2,1-2H3. The van der Waals surface area contributed by atoms with Crippen LogP contribution in [0.2, 0.25) is 0 Å². The molecule has 0 bridgehead atoms. The van der Waals surface area contributed by atoms with Gasteiger partial charge in [0.15, 0.2) is 0 Å². The Morgan fingerprint density at radius 1 is 1.37 bits per heavy atom. The molecule has 3 heteroatoms. The van der Waals surface area contributed by atoms with Crippen LogP contribution in [0.4, 0.5) is 4.39 Å². The number of nitrogens with one attached hydrogen (secondary N) is 1. The van der Waals surface area contributed by atoms with Crippen LogP contribution in [0.3, 0.4) is 0 Å². The molecule has 2 nitrogen and oxygen atoms in total. The molecule has 0 amide bonds. The highest BCUT2D eigenvalue weighted by atomic mass is 19.1. The lowest BCUT2D eigenvalue weighted by Crippen LogP contribution is -2.53. The minimum Gasteiger partial charge on any atom is -0.311 e. The van der Waals surface area contributed by atoms with Crippen molar-refractivity contribution in [3.63, 3.8) is 0 Å². The van der Waals surface area contributed by atoms with E-state index in [0.717, 1.165) is 38.5 Å². The number of rotatable bonds is 5. The Balaban J connectivity index is 1.80. The Morgan fingerprint density at radius 3 is 2.79 bits per heavy atom. The van der Waals surface area contributed by atoms with Crippen LogP contribution >= 0.6 is 0 Å². The summed E-state index contributed by atoms with van der Waals surface area (Å²) in [5, 5.41) is 3.61. The molecular formula is C16H25FN2. The predicted molar refractivity (Wildman–Crippen MR) is 77.8 cm³/mol. The lowest BCUT2D eigenvalue weighted by molar-refractivity contribution is 0.170. The third-order valence-electron chi connectivity index (χ3n) is 4.25. The highest BCUT2D eigenvalue weighted by Crippen LogP contribution is 2.13. The smallest absolute Gasteiger partial charge is 0.123 e. The quantitative estimate of drug-likeness (QED) is 0.879. The fourth-order valence-corrected chi connectivity index (χ4v) is 2.65. The monoisotopic (exact) mass is 264 g/mol. The zero-order valence-electron chi connectivity index (χ0n) is 12.0. The van der Waals surface area contributed by atoms with E-state index in [2.05, 4.69) is 24.1 Å². The molecule has 2 unspecified atom stereocenters.